The lowest BCUT2D eigenvalue weighted by molar-refractivity contribution is 0.249. The summed E-state index contributed by atoms with van der Waals surface area (Å²) in [6.07, 6.45) is 2.96. The fraction of sp³-hybridized carbons (Fsp3) is 0.500. The molecule has 0 aromatic heterocycles. The van der Waals surface area contributed by atoms with E-state index in [2.05, 4.69) is 0 Å². The Morgan fingerprint density at radius 2 is 2.11 bits per heavy atom. The van der Waals surface area contributed by atoms with Gasteiger partial charge in [0.2, 0.25) is 10.0 Å². The summed E-state index contributed by atoms with van der Waals surface area (Å²) in [5, 5.41) is 0.403. The molecule has 0 aliphatic heterocycles. The van der Waals surface area contributed by atoms with Gasteiger partial charge in [-0.1, -0.05) is 24.1 Å². The maximum Gasteiger partial charge on any atom is 0.243 e. The van der Waals surface area contributed by atoms with E-state index in [4.69, 9.17) is 17.3 Å². The van der Waals surface area contributed by atoms with Gasteiger partial charge in [0.15, 0.2) is 0 Å². The SMILES string of the molecule is CN(C1CCC1)S(=O)(=O)c1ccc(CN)c(Cl)c1. The Labute approximate surface area is 113 Å². The number of nitrogens with zero attached hydrogens (tertiary/aromatic N) is 1. The van der Waals surface area contributed by atoms with E-state index in [1.165, 1.54) is 10.4 Å². The van der Waals surface area contributed by atoms with E-state index in [0.717, 1.165) is 24.8 Å². The van der Waals surface area contributed by atoms with Gasteiger partial charge in [-0.3, -0.25) is 0 Å². The summed E-state index contributed by atoms with van der Waals surface area (Å²) in [5.74, 6) is 0. The highest BCUT2D eigenvalue weighted by molar-refractivity contribution is 7.89. The Morgan fingerprint density at radius 1 is 1.44 bits per heavy atom. The van der Waals surface area contributed by atoms with Crippen molar-refractivity contribution < 1.29 is 8.42 Å². The average Bonchev–Trinajstić information content (AvgIpc) is 2.26. The molecule has 6 heteroatoms. The Bertz CT molecular complexity index is 541. The molecule has 1 fully saturated rings. The highest BCUT2D eigenvalue weighted by Crippen LogP contribution is 2.29. The summed E-state index contributed by atoms with van der Waals surface area (Å²) in [4.78, 5) is 0.235. The highest BCUT2D eigenvalue weighted by Gasteiger charge is 2.31. The van der Waals surface area contributed by atoms with Gasteiger partial charge in [-0.15, -0.1) is 0 Å². The number of rotatable bonds is 4. The number of nitrogens with two attached hydrogens (primary N) is 1. The zero-order valence-electron chi connectivity index (χ0n) is 10.3. The van der Waals surface area contributed by atoms with Gasteiger partial charge in [-0.05, 0) is 30.5 Å². The minimum Gasteiger partial charge on any atom is -0.326 e. The number of hydrogen-bond acceptors (Lipinski definition) is 3. The standard InChI is InChI=1S/C12H17ClN2O2S/c1-15(10-3-2-4-10)18(16,17)11-6-5-9(8-14)12(13)7-11/h5-7,10H,2-4,8,14H2,1H3. The summed E-state index contributed by atoms with van der Waals surface area (Å²) in [6.45, 7) is 0.303. The minimum atomic E-state index is -3.44. The van der Waals surface area contributed by atoms with E-state index >= 15 is 0 Å². The molecule has 0 amide bonds. The second-order valence-electron chi connectivity index (χ2n) is 4.56. The van der Waals surface area contributed by atoms with Gasteiger partial charge in [0.25, 0.3) is 0 Å². The van der Waals surface area contributed by atoms with Crippen molar-refractivity contribution >= 4 is 21.6 Å². The predicted octanol–water partition coefficient (Wildman–Crippen LogP) is 1.97. The molecule has 0 heterocycles. The molecule has 1 saturated carbocycles. The Balaban J connectivity index is 2.31. The van der Waals surface area contributed by atoms with Crippen LogP contribution in [0.15, 0.2) is 23.1 Å². The third-order valence-electron chi connectivity index (χ3n) is 3.51. The quantitative estimate of drug-likeness (QED) is 0.921. The molecule has 0 saturated heterocycles. The van der Waals surface area contributed by atoms with Crippen LogP contribution in [0.25, 0.3) is 0 Å². The first kappa shape index (κ1) is 13.8. The Kier molecular flexibility index (Phi) is 3.96. The third kappa shape index (κ3) is 2.40. The van der Waals surface area contributed by atoms with Gasteiger partial charge in [0.05, 0.1) is 4.90 Å². The fourth-order valence-corrected chi connectivity index (χ4v) is 3.73. The van der Waals surface area contributed by atoms with E-state index < -0.39 is 10.0 Å². The van der Waals surface area contributed by atoms with Crippen molar-refractivity contribution in [2.75, 3.05) is 7.05 Å². The smallest absolute Gasteiger partial charge is 0.243 e. The highest BCUT2D eigenvalue weighted by atomic mass is 35.5. The van der Waals surface area contributed by atoms with Crippen LogP contribution < -0.4 is 5.73 Å². The summed E-state index contributed by atoms with van der Waals surface area (Å²) in [6, 6.07) is 4.85. The van der Waals surface area contributed by atoms with Crippen LogP contribution in [0.5, 0.6) is 0 Å². The lowest BCUT2D eigenvalue weighted by Gasteiger charge is -2.33. The number of halogens is 1. The molecule has 1 aromatic carbocycles. The van der Waals surface area contributed by atoms with Crippen LogP contribution in [0, 0.1) is 0 Å². The van der Waals surface area contributed by atoms with E-state index in [1.54, 1.807) is 19.2 Å². The first-order valence-electron chi connectivity index (χ1n) is 5.93. The molecular weight excluding hydrogens is 272 g/mol. The molecule has 18 heavy (non-hydrogen) atoms. The first-order valence-corrected chi connectivity index (χ1v) is 7.75. The maximum atomic E-state index is 12.4. The van der Waals surface area contributed by atoms with Crippen molar-refractivity contribution in [1.29, 1.82) is 0 Å². The van der Waals surface area contributed by atoms with Gasteiger partial charge >= 0.3 is 0 Å². The number of sulfonamides is 1. The van der Waals surface area contributed by atoms with Crippen molar-refractivity contribution in [3.8, 4) is 0 Å². The minimum absolute atomic E-state index is 0.128. The average molecular weight is 289 g/mol. The van der Waals surface area contributed by atoms with E-state index in [9.17, 15) is 8.42 Å². The van der Waals surface area contributed by atoms with Crippen molar-refractivity contribution in [3.63, 3.8) is 0 Å². The van der Waals surface area contributed by atoms with Crippen molar-refractivity contribution in [1.82, 2.24) is 4.31 Å². The monoisotopic (exact) mass is 288 g/mol. The number of benzene rings is 1. The molecule has 0 spiro atoms. The lowest BCUT2D eigenvalue weighted by atomic mass is 9.94. The normalized spacial score (nSPS) is 16.9. The molecular formula is C12H17ClN2O2S. The van der Waals surface area contributed by atoms with Crippen LogP contribution in [0.4, 0.5) is 0 Å². The topological polar surface area (TPSA) is 63.4 Å². The van der Waals surface area contributed by atoms with Gasteiger partial charge < -0.3 is 5.73 Å². The molecule has 2 rings (SSSR count). The van der Waals surface area contributed by atoms with Crippen LogP contribution >= 0.6 is 11.6 Å². The molecule has 0 bridgehead atoms. The molecule has 0 radical (unpaired) electrons. The summed E-state index contributed by atoms with van der Waals surface area (Å²) < 4.78 is 26.2. The van der Waals surface area contributed by atoms with Crippen molar-refractivity contribution in [3.05, 3.63) is 28.8 Å². The number of hydrogen-bond donors (Lipinski definition) is 1. The van der Waals surface area contributed by atoms with E-state index in [0.29, 0.717) is 11.6 Å². The molecule has 0 unspecified atom stereocenters. The van der Waals surface area contributed by atoms with Crippen LogP contribution in [0.3, 0.4) is 0 Å². The third-order valence-corrected chi connectivity index (χ3v) is 5.77. The van der Waals surface area contributed by atoms with Gasteiger partial charge in [-0.25, -0.2) is 8.42 Å². The molecule has 1 aliphatic carbocycles. The maximum absolute atomic E-state index is 12.4. The van der Waals surface area contributed by atoms with Gasteiger partial charge in [-0.2, -0.15) is 4.31 Å². The van der Waals surface area contributed by atoms with E-state index in [1.807, 2.05) is 0 Å². The summed E-state index contributed by atoms with van der Waals surface area (Å²) >= 11 is 6.00. The fourth-order valence-electron chi connectivity index (χ4n) is 1.97. The second kappa shape index (κ2) is 5.17. The van der Waals surface area contributed by atoms with Gasteiger partial charge in [0, 0.05) is 24.7 Å². The van der Waals surface area contributed by atoms with Crippen LogP contribution in [0.2, 0.25) is 5.02 Å². The molecule has 1 aliphatic rings. The van der Waals surface area contributed by atoms with Crippen LogP contribution in [-0.4, -0.2) is 25.8 Å². The predicted molar refractivity (Wildman–Crippen MR) is 71.9 cm³/mol. The molecule has 1 aromatic rings. The molecule has 4 nitrogen and oxygen atoms in total. The van der Waals surface area contributed by atoms with Crippen molar-refractivity contribution in [2.45, 2.75) is 36.7 Å². The Morgan fingerprint density at radius 3 is 2.56 bits per heavy atom. The Hall–Kier alpha value is -0.620. The lowest BCUT2D eigenvalue weighted by Crippen LogP contribution is -2.41. The molecule has 100 valence electrons. The largest absolute Gasteiger partial charge is 0.326 e. The van der Waals surface area contributed by atoms with Crippen molar-refractivity contribution in [2.24, 2.45) is 5.73 Å². The van der Waals surface area contributed by atoms with Crippen LogP contribution in [-0.2, 0) is 16.6 Å². The van der Waals surface area contributed by atoms with Crippen LogP contribution in [0.1, 0.15) is 24.8 Å². The summed E-state index contributed by atoms with van der Waals surface area (Å²) in [5.41, 5.74) is 6.26. The zero-order valence-corrected chi connectivity index (χ0v) is 11.8. The molecule has 0 atom stereocenters. The first-order chi connectivity index (χ1) is 8.46. The second-order valence-corrected chi connectivity index (χ2v) is 6.97. The zero-order chi connectivity index (χ0) is 13.3. The van der Waals surface area contributed by atoms with E-state index in [-0.39, 0.29) is 10.9 Å². The van der Waals surface area contributed by atoms with Gasteiger partial charge in [0.1, 0.15) is 0 Å². The summed E-state index contributed by atoms with van der Waals surface area (Å²) in [7, 11) is -1.81. The molecule has 2 N–H and O–H groups in total.